The molecule has 0 amide bonds. The lowest BCUT2D eigenvalue weighted by atomic mass is 9.96. The van der Waals surface area contributed by atoms with Crippen LogP contribution in [0.5, 0.6) is 0 Å². The van der Waals surface area contributed by atoms with E-state index >= 15 is 0 Å². The summed E-state index contributed by atoms with van der Waals surface area (Å²) in [6.45, 7) is 1.56. The topological polar surface area (TPSA) is 106 Å². The predicted molar refractivity (Wildman–Crippen MR) is 86.5 cm³/mol. The summed E-state index contributed by atoms with van der Waals surface area (Å²) in [5.74, 6) is -2.46. The van der Waals surface area contributed by atoms with Gasteiger partial charge in [0, 0.05) is 12.0 Å². The van der Waals surface area contributed by atoms with Gasteiger partial charge in [-0.25, -0.2) is 8.42 Å². The zero-order chi connectivity index (χ0) is 17.2. The van der Waals surface area contributed by atoms with E-state index in [-0.39, 0.29) is 16.2 Å². The summed E-state index contributed by atoms with van der Waals surface area (Å²) < 4.78 is 47.0. The normalized spacial score (nSPS) is 14.5. The molecule has 0 aliphatic heterocycles. The monoisotopic (exact) mass is 354 g/mol. The fourth-order valence-electron chi connectivity index (χ4n) is 2.30. The number of benzene rings is 1. The van der Waals surface area contributed by atoms with E-state index < -0.39 is 31.9 Å². The molecule has 0 fully saturated rings. The van der Waals surface area contributed by atoms with Crippen LogP contribution in [0.25, 0.3) is 5.57 Å². The molecule has 0 aromatic heterocycles. The summed E-state index contributed by atoms with van der Waals surface area (Å²) in [4.78, 5) is 10.8. The molecular formula is C15H14O6S2. The van der Waals surface area contributed by atoms with Crippen LogP contribution in [-0.2, 0) is 24.9 Å². The summed E-state index contributed by atoms with van der Waals surface area (Å²) >= 11 is 0. The molecular weight excluding hydrogens is 340 g/mol. The first-order valence-electron chi connectivity index (χ1n) is 6.60. The second kappa shape index (κ2) is 6.51. The van der Waals surface area contributed by atoms with Gasteiger partial charge in [0.15, 0.2) is 15.6 Å². The number of rotatable bonds is 4. The van der Waals surface area contributed by atoms with Crippen LogP contribution < -0.4 is 0 Å². The average Bonchev–Trinajstić information content (AvgIpc) is 2.46. The third-order valence-corrected chi connectivity index (χ3v) is 5.88. The molecule has 23 heavy (non-hydrogen) atoms. The maximum absolute atomic E-state index is 12.2. The summed E-state index contributed by atoms with van der Waals surface area (Å²) in [5, 5.41) is 8.75. The zero-order valence-corrected chi connectivity index (χ0v) is 13.8. The minimum Gasteiger partial charge on any atom is -0.480 e. The zero-order valence-electron chi connectivity index (χ0n) is 12.2. The lowest BCUT2D eigenvalue weighted by molar-refractivity contribution is -0.134. The van der Waals surface area contributed by atoms with Crippen molar-refractivity contribution >= 4 is 36.5 Å². The first-order valence-corrected chi connectivity index (χ1v) is 9.33. The minimum atomic E-state index is -4.00. The summed E-state index contributed by atoms with van der Waals surface area (Å²) in [7, 11) is -6.42. The van der Waals surface area contributed by atoms with Crippen molar-refractivity contribution in [1.82, 2.24) is 0 Å². The van der Waals surface area contributed by atoms with Gasteiger partial charge in [-0.15, -0.1) is 0 Å². The number of aryl methyl sites for hydroxylation is 1. The van der Waals surface area contributed by atoms with Gasteiger partial charge < -0.3 is 5.11 Å². The molecule has 1 N–H and O–H groups in total. The molecule has 0 bridgehead atoms. The molecule has 0 heterocycles. The molecule has 0 atom stereocenters. The van der Waals surface area contributed by atoms with E-state index in [1.54, 1.807) is 31.2 Å². The van der Waals surface area contributed by atoms with Crippen molar-refractivity contribution in [3.63, 3.8) is 0 Å². The summed E-state index contributed by atoms with van der Waals surface area (Å²) in [6, 6.07) is 4.48. The first-order chi connectivity index (χ1) is 10.7. The van der Waals surface area contributed by atoms with Gasteiger partial charge in [-0.3, -0.25) is 4.79 Å². The maximum atomic E-state index is 12.2. The molecule has 1 aliphatic rings. The molecule has 1 aliphatic carbocycles. The molecule has 122 valence electrons. The Bertz CT molecular complexity index is 955. The van der Waals surface area contributed by atoms with Crippen LogP contribution in [0.15, 0.2) is 41.3 Å². The molecule has 1 aromatic rings. The third kappa shape index (κ3) is 3.77. The fraction of sp³-hybridized carbons (Fsp3) is 0.200. The van der Waals surface area contributed by atoms with Gasteiger partial charge in [0.1, 0.15) is 0 Å². The number of carboxylic acids is 1. The van der Waals surface area contributed by atoms with Gasteiger partial charge in [0.2, 0.25) is 10.3 Å². The number of aliphatic carboxylic acids is 1. The van der Waals surface area contributed by atoms with Gasteiger partial charge in [-0.1, -0.05) is 30.4 Å². The number of hydrogen-bond donors (Lipinski definition) is 1. The minimum absolute atomic E-state index is 0.108. The largest absolute Gasteiger partial charge is 0.480 e. The van der Waals surface area contributed by atoms with E-state index in [0.717, 1.165) is 0 Å². The maximum Gasteiger partial charge on any atom is 0.319 e. The van der Waals surface area contributed by atoms with Gasteiger partial charge in [-0.2, -0.15) is 8.42 Å². The molecule has 6 nitrogen and oxygen atoms in total. The van der Waals surface area contributed by atoms with Crippen LogP contribution in [0.1, 0.15) is 17.5 Å². The van der Waals surface area contributed by atoms with Crippen molar-refractivity contribution in [2.45, 2.75) is 18.2 Å². The van der Waals surface area contributed by atoms with Gasteiger partial charge >= 0.3 is 5.97 Å². The Morgan fingerprint density at radius 2 is 2.00 bits per heavy atom. The van der Waals surface area contributed by atoms with Crippen LogP contribution in [0, 0.1) is 6.92 Å². The predicted octanol–water partition coefficient (Wildman–Crippen LogP) is 1.25. The quantitative estimate of drug-likeness (QED) is 0.816. The van der Waals surface area contributed by atoms with Crippen LogP contribution in [0.2, 0.25) is 0 Å². The van der Waals surface area contributed by atoms with Crippen LogP contribution >= 0.6 is 0 Å². The molecule has 0 radical (unpaired) electrons. The highest BCUT2D eigenvalue weighted by atomic mass is 32.2. The Labute approximate surface area is 135 Å². The standard InChI is InChI=1S/C15H14O6S2/c1-10-6-7-11(8-14(10)23(20,21)9-15(16)17)12-4-2-3-5-13(12)22(18)19/h2-4,6-8H,5,9H2,1H3,(H,16,17). The van der Waals surface area contributed by atoms with E-state index in [2.05, 4.69) is 0 Å². The highest BCUT2D eigenvalue weighted by Crippen LogP contribution is 2.26. The van der Waals surface area contributed by atoms with Crippen LogP contribution in [0.3, 0.4) is 0 Å². The van der Waals surface area contributed by atoms with Crippen molar-refractivity contribution in [3.05, 3.63) is 47.6 Å². The Morgan fingerprint density at radius 1 is 1.30 bits per heavy atom. The van der Waals surface area contributed by atoms with Gasteiger partial charge in [0.25, 0.3) is 0 Å². The summed E-state index contributed by atoms with van der Waals surface area (Å²) in [6.07, 6.45) is 5.20. The molecule has 0 spiro atoms. The lowest BCUT2D eigenvalue weighted by Crippen LogP contribution is -2.17. The lowest BCUT2D eigenvalue weighted by Gasteiger charge is -2.13. The smallest absolute Gasteiger partial charge is 0.319 e. The van der Waals surface area contributed by atoms with Gasteiger partial charge in [0.05, 0.1) is 9.76 Å². The van der Waals surface area contributed by atoms with Crippen molar-refractivity contribution in [2.24, 2.45) is 0 Å². The van der Waals surface area contributed by atoms with Crippen molar-refractivity contribution in [2.75, 3.05) is 5.75 Å². The van der Waals surface area contributed by atoms with E-state index in [1.165, 1.54) is 12.1 Å². The average molecular weight is 354 g/mol. The number of carboxylic acid groups (broad SMARTS) is 1. The number of allylic oxidation sites excluding steroid dienone is 4. The van der Waals surface area contributed by atoms with Crippen LogP contribution in [-0.4, -0.2) is 38.5 Å². The second-order valence-corrected chi connectivity index (χ2v) is 7.92. The van der Waals surface area contributed by atoms with E-state index in [9.17, 15) is 21.6 Å². The number of sulfone groups is 1. The Morgan fingerprint density at radius 3 is 2.61 bits per heavy atom. The van der Waals surface area contributed by atoms with E-state index in [4.69, 9.17) is 5.11 Å². The Hall–Kier alpha value is -2.19. The highest BCUT2D eigenvalue weighted by molar-refractivity contribution is 7.92. The molecule has 1 aromatic carbocycles. The first kappa shape index (κ1) is 17.2. The van der Waals surface area contributed by atoms with E-state index in [0.29, 0.717) is 16.7 Å². The number of carbonyl (C=O) groups is 1. The number of hydrogen-bond acceptors (Lipinski definition) is 5. The van der Waals surface area contributed by atoms with Crippen molar-refractivity contribution in [3.8, 4) is 0 Å². The Kier molecular flexibility index (Phi) is 4.86. The second-order valence-electron chi connectivity index (χ2n) is 5.00. The summed E-state index contributed by atoms with van der Waals surface area (Å²) in [5.41, 5.74) is 1.24. The highest BCUT2D eigenvalue weighted by Gasteiger charge is 2.23. The van der Waals surface area contributed by atoms with Crippen molar-refractivity contribution < 1.29 is 26.7 Å². The fourth-order valence-corrected chi connectivity index (χ4v) is 4.24. The Balaban J connectivity index is 2.63. The van der Waals surface area contributed by atoms with Crippen molar-refractivity contribution in [1.29, 1.82) is 0 Å². The SMILES string of the molecule is Cc1ccc(C2=CC=CCC2=S(=O)=O)cc1S(=O)(=O)CC(=O)O. The van der Waals surface area contributed by atoms with Gasteiger partial charge in [-0.05, 0) is 24.1 Å². The molecule has 0 unspecified atom stereocenters. The van der Waals surface area contributed by atoms with E-state index in [1.807, 2.05) is 0 Å². The molecule has 2 rings (SSSR count). The molecule has 0 saturated heterocycles. The molecule has 0 saturated carbocycles. The third-order valence-electron chi connectivity index (χ3n) is 3.35. The molecule has 8 heteroatoms. The van der Waals surface area contributed by atoms with Crippen LogP contribution in [0.4, 0.5) is 0 Å².